The van der Waals surface area contributed by atoms with Gasteiger partial charge in [0.2, 0.25) is 0 Å². The number of ether oxygens (including phenoxy) is 4. The second-order valence-electron chi connectivity index (χ2n) is 10.8. The van der Waals surface area contributed by atoms with Crippen molar-refractivity contribution in [1.82, 2.24) is 19.4 Å². The molecule has 0 amide bonds. The lowest BCUT2D eigenvalue weighted by molar-refractivity contribution is -0.165. The Labute approximate surface area is 237 Å². The molecule has 3 fully saturated rings. The van der Waals surface area contributed by atoms with Gasteiger partial charge in [0, 0.05) is 49.9 Å². The Bertz CT molecular complexity index is 1390. The molecule has 11 heteroatoms. The van der Waals surface area contributed by atoms with Crippen LogP contribution in [0.25, 0.3) is 11.0 Å². The van der Waals surface area contributed by atoms with Gasteiger partial charge >= 0.3 is 5.97 Å². The molecule has 2 aromatic carbocycles. The van der Waals surface area contributed by atoms with Gasteiger partial charge in [-0.2, -0.15) is 0 Å². The SMILES string of the molecule is COC(=O)c1ccc2nc(CN3CCN(CC4COC(C)(c5ccc(Cl)cc5F)O4)CC3)n(C[C@@H]3CCO3)c2c1. The predicted molar refractivity (Wildman–Crippen MR) is 147 cm³/mol. The van der Waals surface area contributed by atoms with E-state index in [2.05, 4.69) is 14.4 Å². The molecule has 0 bridgehead atoms. The van der Waals surface area contributed by atoms with Gasteiger partial charge in [-0.25, -0.2) is 14.2 Å². The van der Waals surface area contributed by atoms with E-state index in [4.69, 9.17) is 35.5 Å². The minimum Gasteiger partial charge on any atom is -0.465 e. The number of benzene rings is 2. The van der Waals surface area contributed by atoms with E-state index in [0.29, 0.717) is 42.4 Å². The summed E-state index contributed by atoms with van der Waals surface area (Å²) in [5.41, 5.74) is 2.65. The van der Waals surface area contributed by atoms with Gasteiger partial charge in [0.15, 0.2) is 5.79 Å². The van der Waals surface area contributed by atoms with E-state index in [9.17, 15) is 9.18 Å². The summed E-state index contributed by atoms with van der Waals surface area (Å²) in [6.45, 7) is 8.60. The maximum absolute atomic E-state index is 14.5. The minimum atomic E-state index is -1.13. The quantitative estimate of drug-likeness (QED) is 0.377. The number of methoxy groups -OCH3 is 1. The van der Waals surface area contributed by atoms with Crippen molar-refractivity contribution in [2.24, 2.45) is 0 Å². The van der Waals surface area contributed by atoms with Crippen LogP contribution in [-0.4, -0.2) is 90.6 Å². The van der Waals surface area contributed by atoms with Gasteiger partial charge < -0.3 is 23.5 Å². The highest BCUT2D eigenvalue weighted by Gasteiger charge is 2.41. The smallest absolute Gasteiger partial charge is 0.337 e. The van der Waals surface area contributed by atoms with Crippen LogP contribution in [0.1, 0.15) is 35.1 Å². The first kappa shape index (κ1) is 27.6. The fourth-order valence-corrected chi connectivity index (χ4v) is 5.88. The fraction of sp³-hybridized carbons (Fsp3) is 0.517. The highest BCUT2D eigenvalue weighted by Crippen LogP contribution is 2.36. The predicted octanol–water partition coefficient (Wildman–Crippen LogP) is 3.81. The summed E-state index contributed by atoms with van der Waals surface area (Å²) in [6.07, 6.45) is 1.03. The van der Waals surface area contributed by atoms with Crippen molar-refractivity contribution in [3.63, 3.8) is 0 Å². The van der Waals surface area contributed by atoms with Crippen LogP contribution in [-0.2, 0) is 37.8 Å². The Hall–Kier alpha value is -2.60. The van der Waals surface area contributed by atoms with E-state index in [1.165, 1.54) is 13.2 Å². The Morgan fingerprint density at radius 2 is 1.90 bits per heavy atom. The summed E-state index contributed by atoms with van der Waals surface area (Å²) in [5, 5.41) is 0.343. The maximum Gasteiger partial charge on any atom is 0.337 e. The van der Waals surface area contributed by atoms with E-state index in [1.807, 2.05) is 12.1 Å². The number of halogens is 2. The van der Waals surface area contributed by atoms with E-state index in [1.54, 1.807) is 25.1 Å². The van der Waals surface area contributed by atoms with Crippen molar-refractivity contribution >= 4 is 28.6 Å². The van der Waals surface area contributed by atoms with Crippen LogP contribution in [0.3, 0.4) is 0 Å². The highest BCUT2D eigenvalue weighted by molar-refractivity contribution is 6.30. The number of rotatable bonds is 8. The monoisotopic (exact) mass is 572 g/mol. The third-order valence-corrected chi connectivity index (χ3v) is 8.31. The van der Waals surface area contributed by atoms with Crippen molar-refractivity contribution in [2.45, 2.75) is 44.4 Å². The number of carbonyl (C=O) groups is 1. The minimum absolute atomic E-state index is 0.151. The molecule has 6 rings (SSSR count). The van der Waals surface area contributed by atoms with Gasteiger partial charge in [0.25, 0.3) is 0 Å². The molecule has 0 aliphatic carbocycles. The van der Waals surface area contributed by atoms with Crippen LogP contribution in [0.5, 0.6) is 0 Å². The van der Waals surface area contributed by atoms with Crippen LogP contribution < -0.4 is 0 Å². The number of esters is 1. The first-order chi connectivity index (χ1) is 19.3. The van der Waals surface area contributed by atoms with Crippen LogP contribution in [0.4, 0.5) is 4.39 Å². The normalized spacial score (nSPS) is 25.8. The number of hydrogen-bond acceptors (Lipinski definition) is 8. The standard InChI is InChI=1S/C29H34ClFN4O5/c1-29(23-5-4-20(30)14-24(23)31)39-18-22(40-29)15-33-8-10-34(11-9-33)17-27-32-25-6-3-19(28(36)37-2)13-26(25)35(27)16-21-7-12-38-21/h3-6,13-14,21-22H,7-12,15-18H2,1-2H3/t21-,22?,29?/m0/s1. The third kappa shape index (κ3) is 5.61. The Kier molecular flexibility index (Phi) is 7.82. The van der Waals surface area contributed by atoms with Crippen molar-refractivity contribution in [3.8, 4) is 0 Å². The Morgan fingerprint density at radius 3 is 2.60 bits per heavy atom. The summed E-state index contributed by atoms with van der Waals surface area (Å²) in [4.78, 5) is 21.8. The molecule has 3 atom stereocenters. The molecule has 3 aliphatic heterocycles. The van der Waals surface area contributed by atoms with Gasteiger partial charge in [0.05, 0.1) is 55.6 Å². The zero-order valence-corrected chi connectivity index (χ0v) is 23.5. The largest absolute Gasteiger partial charge is 0.465 e. The van der Waals surface area contributed by atoms with Crippen molar-refractivity contribution in [1.29, 1.82) is 0 Å². The molecule has 0 radical (unpaired) electrons. The molecular formula is C29H34ClFN4O5. The topological polar surface area (TPSA) is 78.3 Å². The number of aromatic nitrogens is 2. The van der Waals surface area contributed by atoms with Gasteiger partial charge in [-0.05, 0) is 49.7 Å². The molecular weight excluding hydrogens is 539 g/mol. The lowest BCUT2D eigenvalue weighted by Crippen LogP contribution is -2.48. The van der Waals surface area contributed by atoms with Crippen LogP contribution >= 0.6 is 11.6 Å². The summed E-state index contributed by atoms with van der Waals surface area (Å²) >= 11 is 5.91. The van der Waals surface area contributed by atoms with Crippen molar-refractivity contribution in [2.75, 3.05) is 53.0 Å². The zero-order valence-electron chi connectivity index (χ0n) is 22.8. The lowest BCUT2D eigenvalue weighted by Gasteiger charge is -2.36. The number of piperazine rings is 1. The maximum atomic E-state index is 14.5. The summed E-state index contributed by atoms with van der Waals surface area (Å²) in [5.74, 6) is -0.949. The fourth-order valence-electron chi connectivity index (χ4n) is 5.72. The molecule has 0 N–H and O–H groups in total. The van der Waals surface area contributed by atoms with Crippen molar-refractivity contribution in [3.05, 3.63) is 64.2 Å². The van der Waals surface area contributed by atoms with E-state index in [0.717, 1.165) is 56.1 Å². The Balaban J connectivity index is 1.08. The summed E-state index contributed by atoms with van der Waals surface area (Å²) < 4.78 is 39.5. The molecule has 1 aromatic heterocycles. The molecule has 3 aromatic rings. The molecule has 0 spiro atoms. The van der Waals surface area contributed by atoms with Gasteiger partial charge in [0.1, 0.15) is 11.6 Å². The van der Waals surface area contributed by atoms with Crippen LogP contribution in [0, 0.1) is 5.82 Å². The number of carbonyl (C=O) groups excluding carboxylic acids is 1. The molecule has 214 valence electrons. The van der Waals surface area contributed by atoms with E-state index >= 15 is 0 Å². The van der Waals surface area contributed by atoms with E-state index < -0.39 is 11.6 Å². The van der Waals surface area contributed by atoms with Gasteiger partial charge in [-0.15, -0.1) is 0 Å². The zero-order chi connectivity index (χ0) is 27.9. The number of imidazole rings is 1. The number of fused-ring (bicyclic) bond motifs is 1. The average Bonchev–Trinajstić information content (AvgIpc) is 3.46. The second-order valence-corrected chi connectivity index (χ2v) is 11.2. The first-order valence-electron chi connectivity index (χ1n) is 13.7. The van der Waals surface area contributed by atoms with Crippen LogP contribution in [0.15, 0.2) is 36.4 Å². The molecule has 3 aliphatic rings. The third-order valence-electron chi connectivity index (χ3n) is 8.08. The molecule has 40 heavy (non-hydrogen) atoms. The van der Waals surface area contributed by atoms with Crippen molar-refractivity contribution < 1.29 is 28.1 Å². The van der Waals surface area contributed by atoms with Gasteiger partial charge in [-0.3, -0.25) is 9.80 Å². The molecule has 2 unspecified atom stereocenters. The average molecular weight is 573 g/mol. The molecule has 9 nitrogen and oxygen atoms in total. The first-order valence-corrected chi connectivity index (χ1v) is 14.1. The lowest BCUT2D eigenvalue weighted by atomic mass is 10.1. The van der Waals surface area contributed by atoms with E-state index in [-0.39, 0.29) is 18.2 Å². The second kappa shape index (κ2) is 11.3. The molecule has 4 heterocycles. The molecule has 0 saturated carbocycles. The summed E-state index contributed by atoms with van der Waals surface area (Å²) in [7, 11) is 1.39. The van der Waals surface area contributed by atoms with Gasteiger partial charge in [-0.1, -0.05) is 11.6 Å². The van der Waals surface area contributed by atoms with Crippen LogP contribution in [0.2, 0.25) is 5.02 Å². The number of nitrogens with zero attached hydrogens (tertiary/aromatic N) is 4. The Morgan fingerprint density at radius 1 is 1.12 bits per heavy atom. The molecule has 3 saturated heterocycles. The summed E-state index contributed by atoms with van der Waals surface area (Å²) in [6, 6.07) is 10.1. The highest BCUT2D eigenvalue weighted by atomic mass is 35.5. The number of hydrogen-bond donors (Lipinski definition) is 0.